The van der Waals surface area contributed by atoms with Gasteiger partial charge in [-0.05, 0) is 59.5 Å². The molecule has 0 atom stereocenters. The highest BCUT2D eigenvalue weighted by Gasteiger charge is 2.16. The lowest BCUT2D eigenvalue weighted by Crippen LogP contribution is -2.27. The monoisotopic (exact) mass is 499 g/mol. The van der Waals surface area contributed by atoms with Gasteiger partial charge in [-0.3, -0.25) is 14.2 Å². The molecule has 184 valence electrons. The van der Waals surface area contributed by atoms with Crippen molar-refractivity contribution in [2.24, 2.45) is 5.92 Å². The number of carbonyl (C=O) groups excluding carboxylic acids is 1. The number of carbonyl (C=O) groups is 1. The van der Waals surface area contributed by atoms with E-state index in [0.717, 1.165) is 11.1 Å². The second kappa shape index (κ2) is 11.3. The first-order valence-corrected chi connectivity index (χ1v) is 12.7. The molecule has 0 fully saturated rings. The van der Waals surface area contributed by atoms with Crippen LogP contribution in [0.5, 0.6) is 5.75 Å². The molecule has 6 nitrogen and oxygen atoms in total. The van der Waals surface area contributed by atoms with E-state index >= 15 is 0 Å². The number of benzene rings is 3. The fraction of sp³-hybridized carbons (Fsp3) is 0.207. The van der Waals surface area contributed by atoms with E-state index in [1.165, 1.54) is 11.8 Å². The third kappa shape index (κ3) is 5.69. The maximum Gasteiger partial charge on any atom is 0.266 e. The summed E-state index contributed by atoms with van der Waals surface area (Å²) >= 11 is 1.47. The van der Waals surface area contributed by atoms with Gasteiger partial charge >= 0.3 is 0 Å². The van der Waals surface area contributed by atoms with Gasteiger partial charge in [-0.2, -0.15) is 0 Å². The standard InChI is InChI=1S/C29H29N3O3S/c1-5-20-6-8-21(9-7-20)18-36-29-31-26-16-22(27(33)30-17-19(2)3)10-15-25(26)28(34)32(29)23-11-13-24(35-4)14-12-23/h5-16,19H,1,17-18H2,2-4H3,(H,30,33). The topological polar surface area (TPSA) is 73.2 Å². The van der Waals surface area contributed by atoms with Crippen molar-refractivity contribution in [2.45, 2.75) is 24.8 Å². The first kappa shape index (κ1) is 25.3. The molecule has 7 heteroatoms. The molecule has 1 heterocycles. The number of aromatic nitrogens is 2. The SMILES string of the molecule is C=Cc1ccc(CSc2nc3cc(C(=O)NCC(C)C)ccc3c(=O)n2-c2ccc(OC)cc2)cc1. The van der Waals surface area contributed by atoms with E-state index in [0.29, 0.717) is 51.3 Å². The number of ether oxygens (including phenoxy) is 1. The van der Waals surface area contributed by atoms with Gasteiger partial charge in [0.2, 0.25) is 0 Å². The van der Waals surface area contributed by atoms with Crippen molar-refractivity contribution in [1.82, 2.24) is 14.9 Å². The number of thioether (sulfide) groups is 1. The minimum absolute atomic E-state index is 0.178. The minimum atomic E-state index is -0.191. The number of methoxy groups -OCH3 is 1. The summed E-state index contributed by atoms with van der Waals surface area (Å²) in [5.41, 5.74) is 3.62. The zero-order valence-electron chi connectivity index (χ0n) is 20.7. The lowest BCUT2D eigenvalue weighted by atomic mass is 10.1. The molecule has 0 aliphatic rings. The molecule has 0 radical (unpaired) electrons. The van der Waals surface area contributed by atoms with Crippen LogP contribution in [0.3, 0.4) is 0 Å². The molecule has 36 heavy (non-hydrogen) atoms. The predicted molar refractivity (Wildman–Crippen MR) is 147 cm³/mol. The van der Waals surface area contributed by atoms with Crippen molar-refractivity contribution in [3.8, 4) is 11.4 Å². The number of hydrogen-bond acceptors (Lipinski definition) is 5. The highest BCUT2D eigenvalue weighted by Crippen LogP contribution is 2.26. The molecule has 0 saturated carbocycles. The van der Waals surface area contributed by atoms with Crippen molar-refractivity contribution in [2.75, 3.05) is 13.7 Å². The van der Waals surface area contributed by atoms with E-state index in [1.54, 1.807) is 36.0 Å². The van der Waals surface area contributed by atoms with Crippen LogP contribution in [-0.4, -0.2) is 29.1 Å². The average molecular weight is 500 g/mol. The van der Waals surface area contributed by atoms with E-state index in [4.69, 9.17) is 9.72 Å². The summed E-state index contributed by atoms with van der Waals surface area (Å²) in [6.45, 7) is 8.46. The summed E-state index contributed by atoms with van der Waals surface area (Å²) in [5, 5.41) is 3.92. The van der Waals surface area contributed by atoms with E-state index in [1.807, 2.05) is 62.4 Å². The molecule has 0 aliphatic carbocycles. The smallest absolute Gasteiger partial charge is 0.266 e. The van der Waals surface area contributed by atoms with Crippen LogP contribution in [0.25, 0.3) is 22.7 Å². The van der Waals surface area contributed by atoms with Crippen LogP contribution in [-0.2, 0) is 5.75 Å². The molecular formula is C29H29N3O3S. The van der Waals surface area contributed by atoms with Crippen molar-refractivity contribution < 1.29 is 9.53 Å². The highest BCUT2D eigenvalue weighted by molar-refractivity contribution is 7.98. The molecule has 4 rings (SSSR count). The molecule has 3 aromatic carbocycles. The second-order valence-electron chi connectivity index (χ2n) is 8.80. The molecule has 1 N–H and O–H groups in total. The van der Waals surface area contributed by atoms with Crippen molar-refractivity contribution >= 4 is 34.6 Å². The number of nitrogens with zero attached hydrogens (tertiary/aromatic N) is 2. The summed E-state index contributed by atoms with van der Waals surface area (Å²) in [6.07, 6.45) is 1.80. The lowest BCUT2D eigenvalue weighted by molar-refractivity contribution is 0.0949. The molecule has 0 saturated heterocycles. The van der Waals surface area contributed by atoms with Gasteiger partial charge in [-0.15, -0.1) is 0 Å². The Hall–Kier alpha value is -3.84. The third-order valence-corrected chi connectivity index (χ3v) is 6.70. The summed E-state index contributed by atoms with van der Waals surface area (Å²) in [5.74, 6) is 1.49. The number of nitrogens with one attached hydrogen (secondary N) is 1. The van der Waals surface area contributed by atoms with E-state index in [2.05, 4.69) is 11.9 Å². The van der Waals surface area contributed by atoms with Crippen LogP contribution < -0.4 is 15.6 Å². The van der Waals surface area contributed by atoms with Gasteiger partial charge < -0.3 is 10.1 Å². The molecule has 0 unspecified atom stereocenters. The maximum absolute atomic E-state index is 13.7. The predicted octanol–water partition coefficient (Wildman–Crippen LogP) is 5.72. The molecule has 0 aliphatic heterocycles. The van der Waals surface area contributed by atoms with E-state index in [-0.39, 0.29) is 11.5 Å². The maximum atomic E-state index is 13.7. The Morgan fingerprint density at radius 3 is 2.47 bits per heavy atom. The Kier molecular flexibility index (Phi) is 7.90. The Bertz CT molecular complexity index is 1440. The van der Waals surface area contributed by atoms with Gasteiger partial charge in [0, 0.05) is 17.9 Å². The van der Waals surface area contributed by atoms with Crippen LogP contribution in [0, 0.1) is 5.92 Å². The summed E-state index contributed by atoms with van der Waals surface area (Å²) < 4.78 is 6.89. The zero-order chi connectivity index (χ0) is 25.7. The first-order valence-electron chi connectivity index (χ1n) is 11.7. The van der Waals surface area contributed by atoms with Crippen LogP contribution >= 0.6 is 11.8 Å². The summed E-state index contributed by atoms with van der Waals surface area (Å²) in [6, 6.07) is 20.4. The largest absolute Gasteiger partial charge is 0.497 e. The quantitative estimate of drug-likeness (QED) is 0.236. The van der Waals surface area contributed by atoms with Gasteiger partial charge in [0.25, 0.3) is 11.5 Å². The fourth-order valence-electron chi connectivity index (χ4n) is 3.66. The number of amides is 1. The molecular weight excluding hydrogens is 470 g/mol. The van der Waals surface area contributed by atoms with E-state index in [9.17, 15) is 9.59 Å². The third-order valence-electron chi connectivity index (χ3n) is 5.69. The van der Waals surface area contributed by atoms with Gasteiger partial charge in [0.1, 0.15) is 5.75 Å². The summed E-state index contributed by atoms with van der Waals surface area (Å²) in [4.78, 5) is 31.1. The number of hydrogen-bond donors (Lipinski definition) is 1. The minimum Gasteiger partial charge on any atom is -0.497 e. The molecule has 1 aromatic heterocycles. The van der Waals surface area contributed by atoms with E-state index < -0.39 is 0 Å². The van der Waals surface area contributed by atoms with Gasteiger partial charge in [0.15, 0.2) is 5.16 Å². The molecule has 4 aromatic rings. The first-order chi connectivity index (χ1) is 17.4. The zero-order valence-corrected chi connectivity index (χ0v) is 21.5. The Balaban J connectivity index is 1.77. The fourth-order valence-corrected chi connectivity index (χ4v) is 4.63. The van der Waals surface area contributed by atoms with Crippen LogP contribution in [0.4, 0.5) is 0 Å². The average Bonchev–Trinajstić information content (AvgIpc) is 2.90. The lowest BCUT2D eigenvalue weighted by Gasteiger charge is -2.14. The van der Waals surface area contributed by atoms with Crippen LogP contribution in [0.2, 0.25) is 0 Å². The van der Waals surface area contributed by atoms with Gasteiger partial charge in [0.05, 0.1) is 23.7 Å². The van der Waals surface area contributed by atoms with Gasteiger partial charge in [-0.25, -0.2) is 4.98 Å². The molecule has 0 spiro atoms. The van der Waals surface area contributed by atoms with Crippen molar-refractivity contribution in [3.05, 3.63) is 100 Å². The summed E-state index contributed by atoms with van der Waals surface area (Å²) in [7, 11) is 1.60. The van der Waals surface area contributed by atoms with Crippen molar-refractivity contribution in [1.29, 1.82) is 0 Å². The Labute approximate surface area is 215 Å². The van der Waals surface area contributed by atoms with Gasteiger partial charge in [-0.1, -0.05) is 62.5 Å². The second-order valence-corrected chi connectivity index (χ2v) is 9.75. The number of rotatable bonds is 9. The molecule has 1 amide bonds. The molecule has 0 bridgehead atoms. The Morgan fingerprint density at radius 2 is 1.83 bits per heavy atom. The highest BCUT2D eigenvalue weighted by atomic mass is 32.2. The normalized spacial score (nSPS) is 11.0. The van der Waals surface area contributed by atoms with Crippen LogP contribution in [0.1, 0.15) is 35.3 Å². The number of fused-ring (bicyclic) bond motifs is 1. The van der Waals surface area contributed by atoms with Crippen molar-refractivity contribution in [3.63, 3.8) is 0 Å². The Morgan fingerprint density at radius 1 is 1.11 bits per heavy atom. The van der Waals surface area contributed by atoms with Crippen LogP contribution in [0.15, 0.2) is 83.3 Å².